The number of nitrogens with two attached hydrogens (primary N) is 2. The van der Waals surface area contributed by atoms with E-state index in [0.29, 0.717) is 22.6 Å². The van der Waals surface area contributed by atoms with Crippen molar-refractivity contribution in [1.29, 1.82) is 0 Å². The minimum Gasteiger partial charge on any atom is -0.382 e. The average molecular weight is 503 g/mol. The van der Waals surface area contributed by atoms with Gasteiger partial charge in [0.15, 0.2) is 5.82 Å². The van der Waals surface area contributed by atoms with Gasteiger partial charge >= 0.3 is 6.18 Å². The first-order valence-electron chi connectivity index (χ1n) is 12.2. The second-order valence-corrected chi connectivity index (χ2v) is 9.67. The lowest BCUT2D eigenvalue weighted by Crippen LogP contribution is -2.55. The molecule has 3 aromatic rings. The predicted octanol–water partition coefficient (Wildman–Crippen LogP) is 3.78. The van der Waals surface area contributed by atoms with Gasteiger partial charge in [-0.1, -0.05) is 25.3 Å². The minimum absolute atomic E-state index is 0.0409. The fourth-order valence-corrected chi connectivity index (χ4v) is 5.29. The van der Waals surface area contributed by atoms with Crippen LogP contribution in [0.3, 0.4) is 0 Å². The van der Waals surface area contributed by atoms with Crippen LogP contribution in [-0.4, -0.2) is 50.9 Å². The molecule has 0 radical (unpaired) electrons. The van der Waals surface area contributed by atoms with Crippen molar-refractivity contribution in [3.8, 4) is 11.3 Å². The predicted molar refractivity (Wildman–Crippen MR) is 131 cm³/mol. The third-order valence-electron chi connectivity index (χ3n) is 7.19. The number of benzene rings is 1. The van der Waals surface area contributed by atoms with Crippen LogP contribution in [0.2, 0.25) is 0 Å². The molecule has 6 N–H and O–H groups in total. The Balaban J connectivity index is 1.44. The van der Waals surface area contributed by atoms with Gasteiger partial charge in [-0.3, -0.25) is 9.89 Å². The van der Waals surface area contributed by atoms with Crippen LogP contribution in [0.1, 0.15) is 44.9 Å². The Morgan fingerprint density at radius 3 is 2.58 bits per heavy atom. The zero-order chi connectivity index (χ0) is 25.4. The highest BCUT2D eigenvalue weighted by molar-refractivity contribution is 5.91. The summed E-state index contributed by atoms with van der Waals surface area (Å²) < 4.78 is 42.1. The summed E-state index contributed by atoms with van der Waals surface area (Å²) in [6.45, 7) is -0.102. The molecule has 192 valence electrons. The van der Waals surface area contributed by atoms with Crippen LogP contribution in [0.4, 0.5) is 30.8 Å². The number of carbonyl (C=O) groups excluding carboxylic acids is 1. The molecule has 9 nitrogen and oxygen atoms in total. The maximum Gasteiger partial charge on any atom is 0.408 e. The quantitative estimate of drug-likeness (QED) is 0.426. The summed E-state index contributed by atoms with van der Waals surface area (Å²) in [5, 5.41) is 10.6. The first-order chi connectivity index (χ1) is 17.2. The Hall–Kier alpha value is -3.57. The molecule has 0 bridgehead atoms. The van der Waals surface area contributed by atoms with E-state index in [4.69, 9.17) is 11.5 Å². The van der Waals surface area contributed by atoms with Crippen LogP contribution in [0.5, 0.6) is 0 Å². The van der Waals surface area contributed by atoms with Gasteiger partial charge in [-0.2, -0.15) is 23.3 Å². The highest BCUT2D eigenvalue weighted by Crippen LogP contribution is 2.38. The molecule has 3 heterocycles. The second kappa shape index (κ2) is 9.47. The monoisotopic (exact) mass is 502 g/mol. The summed E-state index contributed by atoms with van der Waals surface area (Å²) in [7, 11) is 0. The summed E-state index contributed by atoms with van der Waals surface area (Å²) in [6.07, 6.45) is 0.536. The number of aromatic amines is 1. The van der Waals surface area contributed by atoms with Gasteiger partial charge in [0.2, 0.25) is 11.9 Å². The molecule has 1 saturated heterocycles. The summed E-state index contributed by atoms with van der Waals surface area (Å²) >= 11 is 0. The van der Waals surface area contributed by atoms with Gasteiger partial charge in [0, 0.05) is 29.6 Å². The van der Waals surface area contributed by atoms with Crippen LogP contribution < -0.4 is 21.7 Å². The number of hydrogen-bond acceptors (Lipinski definition) is 7. The van der Waals surface area contributed by atoms with Gasteiger partial charge < -0.3 is 21.7 Å². The number of carbonyl (C=O) groups is 1. The van der Waals surface area contributed by atoms with Gasteiger partial charge in [-0.05, 0) is 37.8 Å². The van der Waals surface area contributed by atoms with E-state index in [2.05, 4.69) is 25.5 Å². The molecular weight excluding hydrogens is 473 g/mol. The van der Waals surface area contributed by atoms with E-state index in [9.17, 15) is 18.0 Å². The standard InChI is InChI=1S/C24H29F3N8O/c25-24(26,27)19-9-7-14(22(36)30-15-4-2-1-3-5-15)12-35(19)20-11-17(31-23(29)32-20)13-6-8-16-18(10-13)33-34-21(16)28/h6,8,10-11,14-15,19H,1-5,7,9,12H2,(H,30,36)(H3,28,33,34)(H2,29,31,32)/t14-,19-/m0/s1. The summed E-state index contributed by atoms with van der Waals surface area (Å²) in [5.74, 6) is -0.537. The Bertz CT molecular complexity index is 1250. The molecular formula is C24H29F3N8O. The zero-order valence-electron chi connectivity index (χ0n) is 19.7. The first kappa shape index (κ1) is 24.1. The number of halogens is 3. The number of rotatable bonds is 4. The number of fused-ring (bicyclic) bond motifs is 1. The van der Waals surface area contributed by atoms with E-state index in [1.807, 2.05) is 0 Å². The Morgan fingerprint density at radius 2 is 1.83 bits per heavy atom. The molecule has 2 aromatic heterocycles. The largest absolute Gasteiger partial charge is 0.408 e. The van der Waals surface area contributed by atoms with Crippen molar-refractivity contribution >= 4 is 34.4 Å². The average Bonchev–Trinajstić information content (AvgIpc) is 3.23. The molecule has 0 unspecified atom stereocenters. The van der Waals surface area contributed by atoms with Crippen LogP contribution in [0, 0.1) is 5.92 Å². The van der Waals surface area contributed by atoms with E-state index in [0.717, 1.165) is 42.4 Å². The molecule has 1 aromatic carbocycles. The lowest BCUT2D eigenvalue weighted by Gasteiger charge is -2.41. The van der Waals surface area contributed by atoms with Crippen molar-refractivity contribution in [2.45, 2.75) is 63.2 Å². The normalized spacial score (nSPS) is 21.6. The summed E-state index contributed by atoms with van der Waals surface area (Å²) in [5.41, 5.74) is 13.4. The van der Waals surface area contributed by atoms with Gasteiger partial charge in [0.05, 0.1) is 17.1 Å². The van der Waals surface area contributed by atoms with Crippen LogP contribution in [0.15, 0.2) is 24.3 Å². The summed E-state index contributed by atoms with van der Waals surface area (Å²) in [4.78, 5) is 22.5. The van der Waals surface area contributed by atoms with E-state index in [1.54, 1.807) is 18.2 Å². The van der Waals surface area contributed by atoms with Crippen molar-refractivity contribution in [2.24, 2.45) is 5.92 Å². The number of nitrogens with one attached hydrogen (secondary N) is 2. The van der Waals surface area contributed by atoms with Crippen LogP contribution in [0.25, 0.3) is 22.2 Å². The third-order valence-corrected chi connectivity index (χ3v) is 7.19. The molecule has 12 heteroatoms. The zero-order valence-corrected chi connectivity index (χ0v) is 19.7. The SMILES string of the molecule is Nc1nc(-c2ccc3c(N)n[nH]c3c2)cc(N2C[C@@H](C(=O)NC3CCCCC3)CC[C@H]2C(F)(F)F)n1. The number of nitrogens with zero attached hydrogens (tertiary/aromatic N) is 4. The topological polar surface area (TPSA) is 139 Å². The number of anilines is 3. The fraction of sp³-hybridized carbons (Fsp3) is 0.500. The van der Waals surface area contributed by atoms with Crippen molar-refractivity contribution < 1.29 is 18.0 Å². The third kappa shape index (κ3) is 4.89. The number of H-pyrrole nitrogens is 1. The molecule has 1 amide bonds. The van der Waals surface area contributed by atoms with E-state index in [1.165, 1.54) is 6.07 Å². The molecule has 1 aliphatic carbocycles. The van der Waals surface area contributed by atoms with E-state index in [-0.39, 0.29) is 43.1 Å². The Kier molecular flexibility index (Phi) is 6.35. The smallest absolute Gasteiger partial charge is 0.382 e. The lowest BCUT2D eigenvalue weighted by atomic mass is 9.90. The Labute approximate surface area is 205 Å². The van der Waals surface area contributed by atoms with Crippen molar-refractivity contribution in [3.63, 3.8) is 0 Å². The van der Waals surface area contributed by atoms with Gasteiger partial charge in [-0.25, -0.2) is 4.98 Å². The molecule has 2 atom stereocenters. The maximum atomic E-state index is 14.0. The molecule has 0 spiro atoms. The highest BCUT2D eigenvalue weighted by atomic mass is 19.4. The van der Waals surface area contributed by atoms with Crippen LogP contribution in [-0.2, 0) is 4.79 Å². The molecule has 1 saturated carbocycles. The molecule has 1 aliphatic heterocycles. The lowest BCUT2D eigenvalue weighted by molar-refractivity contribution is -0.156. The van der Waals surface area contributed by atoms with Gasteiger partial charge in [-0.15, -0.1) is 0 Å². The molecule has 2 fully saturated rings. The summed E-state index contributed by atoms with van der Waals surface area (Å²) in [6, 6.07) is 5.06. The second-order valence-electron chi connectivity index (χ2n) is 9.67. The van der Waals surface area contributed by atoms with Crippen molar-refractivity contribution in [1.82, 2.24) is 25.5 Å². The Morgan fingerprint density at radius 1 is 1.06 bits per heavy atom. The number of aromatic nitrogens is 4. The molecule has 36 heavy (non-hydrogen) atoms. The maximum absolute atomic E-state index is 14.0. The number of hydrogen-bond donors (Lipinski definition) is 4. The number of nitrogen functional groups attached to an aromatic ring is 2. The number of piperidine rings is 1. The highest BCUT2D eigenvalue weighted by Gasteiger charge is 2.48. The van der Waals surface area contributed by atoms with Crippen molar-refractivity contribution in [2.75, 3.05) is 22.9 Å². The van der Waals surface area contributed by atoms with Gasteiger partial charge in [0.1, 0.15) is 11.9 Å². The fourth-order valence-electron chi connectivity index (χ4n) is 5.29. The minimum atomic E-state index is -4.49. The van der Waals surface area contributed by atoms with E-state index >= 15 is 0 Å². The first-order valence-corrected chi connectivity index (χ1v) is 12.2. The van der Waals surface area contributed by atoms with E-state index < -0.39 is 18.1 Å². The molecule has 2 aliphatic rings. The van der Waals surface area contributed by atoms with Gasteiger partial charge in [0.25, 0.3) is 0 Å². The number of alkyl halides is 3. The van der Waals surface area contributed by atoms with Crippen molar-refractivity contribution in [3.05, 3.63) is 24.3 Å². The van der Waals surface area contributed by atoms with Crippen LogP contribution >= 0.6 is 0 Å². The number of amides is 1. The molecule has 5 rings (SSSR count).